The Hall–Kier alpha value is -1.51. The molecule has 2 aromatic rings. The van der Waals surface area contributed by atoms with Gasteiger partial charge in [-0.15, -0.1) is 0 Å². The molecule has 3 heteroatoms. The molecule has 1 aliphatic rings. The van der Waals surface area contributed by atoms with E-state index in [2.05, 4.69) is 17.2 Å². The van der Waals surface area contributed by atoms with E-state index < -0.39 is 0 Å². The SMILES string of the molecule is CC1CCC(CNc2nccc3occc23)C1. The fourth-order valence-electron chi connectivity index (χ4n) is 2.79. The minimum atomic E-state index is 0.800. The minimum absolute atomic E-state index is 0.800. The average Bonchev–Trinajstić information content (AvgIpc) is 2.94. The van der Waals surface area contributed by atoms with Crippen LogP contribution in [0.15, 0.2) is 29.0 Å². The molecule has 3 rings (SSSR count). The van der Waals surface area contributed by atoms with E-state index in [4.69, 9.17) is 4.42 Å². The second-order valence-corrected chi connectivity index (χ2v) is 5.16. The Kier molecular flexibility index (Phi) is 2.75. The van der Waals surface area contributed by atoms with E-state index in [1.165, 1.54) is 19.3 Å². The first kappa shape index (κ1) is 10.6. The van der Waals surface area contributed by atoms with E-state index in [1.54, 1.807) is 12.5 Å². The van der Waals surface area contributed by atoms with Crippen LogP contribution in [0.2, 0.25) is 0 Å². The molecular weight excluding hydrogens is 212 g/mol. The Bertz CT molecular complexity index is 506. The molecular formula is C14H18N2O. The predicted octanol–water partition coefficient (Wildman–Crippen LogP) is 3.68. The fraction of sp³-hybridized carbons (Fsp3) is 0.500. The third kappa shape index (κ3) is 2.14. The monoisotopic (exact) mass is 230 g/mol. The molecule has 90 valence electrons. The predicted molar refractivity (Wildman–Crippen MR) is 69.0 cm³/mol. The van der Waals surface area contributed by atoms with Crippen LogP contribution in [-0.2, 0) is 0 Å². The zero-order chi connectivity index (χ0) is 11.7. The van der Waals surface area contributed by atoms with Crippen molar-refractivity contribution in [2.24, 2.45) is 11.8 Å². The maximum atomic E-state index is 5.37. The normalized spacial score (nSPS) is 24.3. The number of hydrogen-bond donors (Lipinski definition) is 1. The molecule has 0 aliphatic heterocycles. The maximum absolute atomic E-state index is 5.37. The van der Waals surface area contributed by atoms with Gasteiger partial charge in [0.25, 0.3) is 0 Å². The van der Waals surface area contributed by atoms with Crippen molar-refractivity contribution in [1.82, 2.24) is 4.98 Å². The van der Waals surface area contributed by atoms with E-state index in [1.807, 2.05) is 12.1 Å². The summed E-state index contributed by atoms with van der Waals surface area (Å²) < 4.78 is 5.37. The van der Waals surface area contributed by atoms with E-state index in [0.717, 1.165) is 35.2 Å². The van der Waals surface area contributed by atoms with Gasteiger partial charge in [0.1, 0.15) is 11.4 Å². The van der Waals surface area contributed by atoms with Crippen LogP contribution in [0, 0.1) is 11.8 Å². The molecule has 0 spiro atoms. The summed E-state index contributed by atoms with van der Waals surface area (Å²) in [5.41, 5.74) is 0.905. The second-order valence-electron chi connectivity index (χ2n) is 5.16. The molecule has 1 N–H and O–H groups in total. The highest BCUT2D eigenvalue weighted by Gasteiger charge is 2.21. The Morgan fingerprint density at radius 2 is 2.35 bits per heavy atom. The van der Waals surface area contributed by atoms with Crippen molar-refractivity contribution < 1.29 is 4.42 Å². The Morgan fingerprint density at radius 3 is 3.18 bits per heavy atom. The molecule has 2 unspecified atom stereocenters. The van der Waals surface area contributed by atoms with Gasteiger partial charge in [0.05, 0.1) is 11.6 Å². The molecule has 0 aromatic carbocycles. The highest BCUT2D eigenvalue weighted by atomic mass is 16.3. The number of nitrogens with zero attached hydrogens (tertiary/aromatic N) is 1. The summed E-state index contributed by atoms with van der Waals surface area (Å²) in [5, 5.41) is 4.55. The summed E-state index contributed by atoms with van der Waals surface area (Å²) in [6.45, 7) is 3.37. The van der Waals surface area contributed by atoms with Gasteiger partial charge in [-0.3, -0.25) is 0 Å². The number of pyridine rings is 1. The summed E-state index contributed by atoms with van der Waals surface area (Å²) >= 11 is 0. The summed E-state index contributed by atoms with van der Waals surface area (Å²) in [6.07, 6.45) is 7.57. The van der Waals surface area contributed by atoms with Crippen LogP contribution in [0.1, 0.15) is 26.2 Å². The van der Waals surface area contributed by atoms with Gasteiger partial charge in [0.15, 0.2) is 0 Å². The van der Waals surface area contributed by atoms with Gasteiger partial charge in [-0.25, -0.2) is 4.98 Å². The lowest BCUT2D eigenvalue weighted by molar-refractivity contribution is 0.536. The van der Waals surface area contributed by atoms with Crippen LogP contribution in [-0.4, -0.2) is 11.5 Å². The summed E-state index contributed by atoms with van der Waals surface area (Å²) in [4.78, 5) is 4.39. The topological polar surface area (TPSA) is 38.1 Å². The number of nitrogens with one attached hydrogen (secondary N) is 1. The van der Waals surface area contributed by atoms with Gasteiger partial charge in [-0.1, -0.05) is 13.3 Å². The zero-order valence-corrected chi connectivity index (χ0v) is 10.1. The standard InChI is InChI=1S/C14H18N2O/c1-10-2-3-11(8-10)9-16-14-12-5-7-17-13(12)4-6-15-14/h4-7,10-11H,2-3,8-9H2,1H3,(H,15,16). The lowest BCUT2D eigenvalue weighted by atomic mass is 10.1. The van der Waals surface area contributed by atoms with E-state index in [-0.39, 0.29) is 0 Å². The van der Waals surface area contributed by atoms with Gasteiger partial charge < -0.3 is 9.73 Å². The van der Waals surface area contributed by atoms with Crippen LogP contribution in [0.3, 0.4) is 0 Å². The zero-order valence-electron chi connectivity index (χ0n) is 10.1. The number of anilines is 1. The summed E-state index contributed by atoms with van der Waals surface area (Å²) in [7, 11) is 0. The maximum Gasteiger partial charge on any atom is 0.139 e. The summed E-state index contributed by atoms with van der Waals surface area (Å²) in [6, 6.07) is 3.88. The Morgan fingerprint density at radius 1 is 1.41 bits per heavy atom. The van der Waals surface area contributed by atoms with E-state index >= 15 is 0 Å². The van der Waals surface area contributed by atoms with E-state index in [9.17, 15) is 0 Å². The number of furan rings is 1. The lowest BCUT2D eigenvalue weighted by Crippen LogP contribution is -2.12. The molecule has 0 saturated heterocycles. The van der Waals surface area contributed by atoms with Crippen molar-refractivity contribution >= 4 is 16.8 Å². The smallest absolute Gasteiger partial charge is 0.139 e. The first-order valence-corrected chi connectivity index (χ1v) is 6.39. The molecule has 17 heavy (non-hydrogen) atoms. The summed E-state index contributed by atoms with van der Waals surface area (Å²) in [5.74, 6) is 2.64. The second kappa shape index (κ2) is 4.40. The number of hydrogen-bond acceptors (Lipinski definition) is 3. The Labute approximate surface area is 101 Å². The van der Waals surface area contributed by atoms with Crippen molar-refractivity contribution in [3.63, 3.8) is 0 Å². The molecule has 2 atom stereocenters. The molecule has 0 amide bonds. The molecule has 1 aliphatic carbocycles. The molecule has 0 bridgehead atoms. The third-order valence-corrected chi connectivity index (χ3v) is 3.74. The highest BCUT2D eigenvalue weighted by Crippen LogP contribution is 2.31. The molecule has 2 aromatic heterocycles. The van der Waals surface area contributed by atoms with Crippen molar-refractivity contribution in [2.45, 2.75) is 26.2 Å². The van der Waals surface area contributed by atoms with Crippen LogP contribution >= 0.6 is 0 Å². The molecule has 3 nitrogen and oxygen atoms in total. The first-order chi connectivity index (χ1) is 8.33. The third-order valence-electron chi connectivity index (χ3n) is 3.74. The van der Waals surface area contributed by atoms with Gasteiger partial charge in [0.2, 0.25) is 0 Å². The van der Waals surface area contributed by atoms with Gasteiger partial charge in [-0.05, 0) is 36.8 Å². The number of aromatic nitrogens is 1. The van der Waals surface area contributed by atoms with Crippen LogP contribution < -0.4 is 5.32 Å². The van der Waals surface area contributed by atoms with Gasteiger partial charge >= 0.3 is 0 Å². The van der Waals surface area contributed by atoms with Crippen LogP contribution in [0.5, 0.6) is 0 Å². The van der Waals surface area contributed by atoms with Crippen LogP contribution in [0.25, 0.3) is 11.0 Å². The molecule has 1 saturated carbocycles. The van der Waals surface area contributed by atoms with Crippen LogP contribution in [0.4, 0.5) is 5.82 Å². The minimum Gasteiger partial charge on any atom is -0.464 e. The average molecular weight is 230 g/mol. The Balaban J connectivity index is 1.70. The van der Waals surface area contributed by atoms with Crippen molar-refractivity contribution in [1.29, 1.82) is 0 Å². The van der Waals surface area contributed by atoms with Gasteiger partial charge in [0, 0.05) is 12.7 Å². The quantitative estimate of drug-likeness (QED) is 0.874. The molecule has 1 fully saturated rings. The molecule has 0 radical (unpaired) electrons. The van der Waals surface area contributed by atoms with Crippen molar-refractivity contribution in [3.8, 4) is 0 Å². The fourth-order valence-corrected chi connectivity index (χ4v) is 2.79. The van der Waals surface area contributed by atoms with Crippen molar-refractivity contribution in [2.75, 3.05) is 11.9 Å². The number of fused-ring (bicyclic) bond motifs is 1. The first-order valence-electron chi connectivity index (χ1n) is 6.39. The number of rotatable bonds is 3. The van der Waals surface area contributed by atoms with Gasteiger partial charge in [-0.2, -0.15) is 0 Å². The lowest BCUT2D eigenvalue weighted by Gasteiger charge is -2.11. The largest absolute Gasteiger partial charge is 0.464 e. The van der Waals surface area contributed by atoms with Crippen molar-refractivity contribution in [3.05, 3.63) is 24.6 Å². The van der Waals surface area contributed by atoms with E-state index in [0.29, 0.717) is 0 Å². The highest BCUT2D eigenvalue weighted by molar-refractivity contribution is 5.87. The molecule has 2 heterocycles.